The lowest BCUT2D eigenvalue weighted by molar-refractivity contribution is 0.337. The third kappa shape index (κ3) is 3.22. The third-order valence-corrected chi connectivity index (χ3v) is 4.92. The molecule has 2 aromatic rings. The van der Waals surface area contributed by atoms with Crippen molar-refractivity contribution in [1.29, 1.82) is 0 Å². The van der Waals surface area contributed by atoms with Crippen LogP contribution in [-0.4, -0.2) is 18.1 Å². The summed E-state index contributed by atoms with van der Waals surface area (Å²) >= 11 is 3.60. The van der Waals surface area contributed by atoms with E-state index in [9.17, 15) is 0 Å². The van der Waals surface area contributed by atoms with E-state index in [0.29, 0.717) is 0 Å². The maximum Gasteiger partial charge on any atom is 0.0952 e. The summed E-state index contributed by atoms with van der Waals surface area (Å²) in [4.78, 5) is 0. The molecule has 1 aliphatic heterocycles. The van der Waals surface area contributed by atoms with Crippen molar-refractivity contribution in [2.45, 2.75) is 26.7 Å². The van der Waals surface area contributed by atoms with Gasteiger partial charge in [-0.2, -0.15) is 0 Å². The molecular weight excluding hydrogens is 338 g/mol. The molecule has 0 unspecified atom stereocenters. The van der Waals surface area contributed by atoms with E-state index in [1.165, 1.54) is 29.5 Å². The van der Waals surface area contributed by atoms with Crippen LogP contribution in [0.2, 0.25) is 0 Å². The highest BCUT2D eigenvalue weighted by molar-refractivity contribution is 9.10. The molecule has 22 heavy (non-hydrogen) atoms. The Hall–Kier alpha value is -1.68. The van der Waals surface area contributed by atoms with Crippen LogP contribution in [0.5, 0.6) is 0 Å². The molecule has 0 atom stereocenters. The number of nitrogens with zero attached hydrogens (tertiary/aromatic N) is 3. The van der Waals surface area contributed by atoms with Crippen LogP contribution in [-0.2, 0) is 0 Å². The van der Waals surface area contributed by atoms with Gasteiger partial charge < -0.3 is 0 Å². The van der Waals surface area contributed by atoms with Crippen LogP contribution in [0.25, 0.3) is 11.1 Å². The van der Waals surface area contributed by atoms with Crippen LogP contribution in [0.4, 0.5) is 5.69 Å². The van der Waals surface area contributed by atoms with E-state index in [1.807, 2.05) is 12.1 Å². The number of hydrogen-bond donors (Lipinski definition) is 0. The number of aryl methyl sites for hydroxylation is 2. The first-order valence-corrected chi connectivity index (χ1v) is 8.47. The van der Waals surface area contributed by atoms with E-state index in [1.54, 1.807) is 0 Å². The average molecular weight is 358 g/mol. The monoisotopic (exact) mass is 357 g/mol. The minimum Gasteiger partial charge on any atom is -0.278 e. The second kappa shape index (κ2) is 6.61. The van der Waals surface area contributed by atoms with Gasteiger partial charge in [0.15, 0.2) is 0 Å². The Morgan fingerprint density at radius 2 is 1.68 bits per heavy atom. The normalized spacial score (nSPS) is 15.0. The van der Waals surface area contributed by atoms with E-state index < -0.39 is 0 Å². The topological polar surface area (TPSA) is 28.0 Å². The molecule has 0 bridgehead atoms. The van der Waals surface area contributed by atoms with Crippen molar-refractivity contribution in [2.75, 3.05) is 13.1 Å². The highest BCUT2D eigenvalue weighted by Gasteiger charge is 2.11. The fourth-order valence-corrected chi connectivity index (χ4v) is 3.22. The second-order valence-corrected chi connectivity index (χ2v) is 6.64. The molecule has 0 aliphatic carbocycles. The summed E-state index contributed by atoms with van der Waals surface area (Å²) in [5, 5.41) is 10.9. The molecule has 4 heteroatoms. The van der Waals surface area contributed by atoms with E-state index in [2.05, 4.69) is 69.4 Å². The predicted molar refractivity (Wildman–Crippen MR) is 94.4 cm³/mol. The first kappa shape index (κ1) is 15.2. The standard InChI is InChI=1S/C18H20BrN3/c1-13-12-17(19)14(2)11-16(13)15-7-3-4-8-18(15)20-21-22-9-5-6-10-22/h3-4,7-8,11-12H,5-6,9-10H2,1-2H3. The fourth-order valence-electron chi connectivity index (χ4n) is 2.76. The Morgan fingerprint density at radius 1 is 0.955 bits per heavy atom. The summed E-state index contributed by atoms with van der Waals surface area (Å²) in [5.41, 5.74) is 5.75. The quantitative estimate of drug-likeness (QED) is 0.635. The molecule has 0 spiro atoms. The first-order valence-electron chi connectivity index (χ1n) is 7.68. The molecule has 2 aromatic carbocycles. The average Bonchev–Trinajstić information content (AvgIpc) is 3.03. The van der Waals surface area contributed by atoms with Gasteiger partial charge in [-0.05, 0) is 61.6 Å². The van der Waals surface area contributed by atoms with Crippen LogP contribution in [0.15, 0.2) is 51.2 Å². The lowest BCUT2D eigenvalue weighted by atomic mass is 9.97. The summed E-state index contributed by atoms with van der Waals surface area (Å²) in [6, 6.07) is 12.6. The zero-order valence-corrected chi connectivity index (χ0v) is 14.6. The second-order valence-electron chi connectivity index (χ2n) is 5.78. The van der Waals surface area contributed by atoms with E-state index in [0.717, 1.165) is 28.8 Å². The first-order chi connectivity index (χ1) is 10.6. The molecule has 0 amide bonds. The Labute approximate surface area is 140 Å². The van der Waals surface area contributed by atoms with Crippen molar-refractivity contribution in [1.82, 2.24) is 5.01 Å². The van der Waals surface area contributed by atoms with Gasteiger partial charge in [-0.15, -0.1) is 5.11 Å². The zero-order chi connectivity index (χ0) is 15.5. The molecular formula is C18H20BrN3. The summed E-state index contributed by atoms with van der Waals surface area (Å²) in [7, 11) is 0. The van der Waals surface area contributed by atoms with Gasteiger partial charge in [0.2, 0.25) is 0 Å². The van der Waals surface area contributed by atoms with Crippen LogP contribution in [0.3, 0.4) is 0 Å². The number of hydrogen-bond acceptors (Lipinski definition) is 2. The molecule has 0 aromatic heterocycles. The number of halogens is 1. The fraction of sp³-hybridized carbons (Fsp3) is 0.333. The Kier molecular flexibility index (Phi) is 4.57. The minimum absolute atomic E-state index is 0.930. The van der Waals surface area contributed by atoms with Gasteiger partial charge in [0.05, 0.1) is 5.69 Å². The van der Waals surface area contributed by atoms with Gasteiger partial charge in [-0.25, -0.2) is 0 Å². The van der Waals surface area contributed by atoms with Gasteiger partial charge in [-0.3, -0.25) is 5.01 Å². The number of benzene rings is 2. The van der Waals surface area contributed by atoms with Crippen LogP contribution in [0.1, 0.15) is 24.0 Å². The molecule has 3 rings (SSSR count). The van der Waals surface area contributed by atoms with E-state index in [4.69, 9.17) is 0 Å². The Balaban J connectivity index is 1.99. The van der Waals surface area contributed by atoms with Crippen molar-refractivity contribution in [2.24, 2.45) is 10.3 Å². The van der Waals surface area contributed by atoms with Gasteiger partial charge in [0, 0.05) is 23.1 Å². The smallest absolute Gasteiger partial charge is 0.0952 e. The molecule has 1 fully saturated rings. The van der Waals surface area contributed by atoms with Crippen molar-refractivity contribution >= 4 is 21.6 Å². The SMILES string of the molecule is Cc1cc(-c2ccccc2N=NN2CCCC2)c(C)cc1Br. The largest absolute Gasteiger partial charge is 0.278 e. The molecule has 114 valence electrons. The molecule has 0 N–H and O–H groups in total. The maximum absolute atomic E-state index is 4.50. The molecule has 1 saturated heterocycles. The van der Waals surface area contributed by atoms with Gasteiger partial charge >= 0.3 is 0 Å². The van der Waals surface area contributed by atoms with Crippen LogP contribution < -0.4 is 0 Å². The van der Waals surface area contributed by atoms with E-state index in [-0.39, 0.29) is 0 Å². The molecule has 1 aliphatic rings. The summed E-state index contributed by atoms with van der Waals surface area (Å²) in [5.74, 6) is 0. The Morgan fingerprint density at radius 3 is 2.45 bits per heavy atom. The van der Waals surface area contributed by atoms with E-state index >= 15 is 0 Å². The lowest BCUT2D eigenvalue weighted by Crippen LogP contribution is -2.09. The molecule has 1 heterocycles. The van der Waals surface area contributed by atoms with Crippen LogP contribution in [0, 0.1) is 13.8 Å². The lowest BCUT2D eigenvalue weighted by Gasteiger charge is -2.12. The summed E-state index contributed by atoms with van der Waals surface area (Å²) < 4.78 is 1.14. The van der Waals surface area contributed by atoms with Gasteiger partial charge in [0.25, 0.3) is 0 Å². The summed E-state index contributed by atoms with van der Waals surface area (Å²) in [6.45, 7) is 6.28. The van der Waals surface area contributed by atoms with Crippen molar-refractivity contribution in [3.05, 3.63) is 52.0 Å². The van der Waals surface area contributed by atoms with Gasteiger partial charge in [-0.1, -0.05) is 39.4 Å². The molecule has 0 saturated carbocycles. The van der Waals surface area contributed by atoms with Crippen molar-refractivity contribution in [3.63, 3.8) is 0 Å². The minimum atomic E-state index is 0.930. The highest BCUT2D eigenvalue weighted by atomic mass is 79.9. The third-order valence-electron chi connectivity index (χ3n) is 4.06. The highest BCUT2D eigenvalue weighted by Crippen LogP contribution is 2.35. The van der Waals surface area contributed by atoms with Gasteiger partial charge in [0.1, 0.15) is 0 Å². The zero-order valence-electron chi connectivity index (χ0n) is 13.0. The Bertz CT molecular complexity index is 703. The maximum atomic E-state index is 4.50. The molecule has 3 nitrogen and oxygen atoms in total. The molecule has 0 radical (unpaired) electrons. The van der Waals surface area contributed by atoms with Crippen molar-refractivity contribution in [3.8, 4) is 11.1 Å². The predicted octanol–water partition coefficient (Wildman–Crippen LogP) is 5.83. The number of rotatable bonds is 3. The summed E-state index contributed by atoms with van der Waals surface area (Å²) in [6.07, 6.45) is 2.43. The van der Waals surface area contributed by atoms with Crippen LogP contribution >= 0.6 is 15.9 Å². The van der Waals surface area contributed by atoms with Crippen molar-refractivity contribution < 1.29 is 0 Å².